The van der Waals surface area contributed by atoms with Crippen molar-refractivity contribution in [3.63, 3.8) is 0 Å². The van der Waals surface area contributed by atoms with E-state index >= 15 is 0 Å². The lowest BCUT2D eigenvalue weighted by Crippen LogP contribution is -2.49. The second kappa shape index (κ2) is 7.08. The van der Waals surface area contributed by atoms with Gasteiger partial charge in [0.15, 0.2) is 0 Å². The summed E-state index contributed by atoms with van der Waals surface area (Å²) in [6.07, 6.45) is 11.5. The molecule has 2 aliphatic rings. The third kappa shape index (κ3) is 4.19. The summed E-state index contributed by atoms with van der Waals surface area (Å²) in [5.41, 5.74) is 0.556. The van der Waals surface area contributed by atoms with Crippen LogP contribution in [0.1, 0.15) is 65.2 Å². The molecule has 2 nitrogen and oxygen atoms in total. The summed E-state index contributed by atoms with van der Waals surface area (Å²) in [4.78, 5) is 2.79. The molecule has 1 aliphatic carbocycles. The fourth-order valence-electron chi connectivity index (χ4n) is 4.37. The minimum Gasteiger partial charge on any atom is -0.319 e. The molecule has 1 saturated carbocycles. The molecule has 0 spiro atoms. The van der Waals surface area contributed by atoms with Crippen LogP contribution in [0.2, 0.25) is 0 Å². The van der Waals surface area contributed by atoms with Crippen molar-refractivity contribution in [1.82, 2.24) is 10.2 Å². The quantitative estimate of drug-likeness (QED) is 0.781. The van der Waals surface area contributed by atoms with Gasteiger partial charge in [-0.3, -0.25) is 0 Å². The minimum absolute atomic E-state index is 0.556. The average Bonchev–Trinajstić information content (AvgIpc) is 2.59. The van der Waals surface area contributed by atoms with Crippen molar-refractivity contribution in [3.05, 3.63) is 0 Å². The van der Waals surface area contributed by atoms with Crippen LogP contribution in [0.3, 0.4) is 0 Å². The number of piperidine rings is 1. The number of hydrogen-bond donors (Lipinski definition) is 1. The van der Waals surface area contributed by atoms with E-state index in [1.54, 1.807) is 0 Å². The Balaban J connectivity index is 1.98. The highest BCUT2D eigenvalue weighted by atomic mass is 15.2. The van der Waals surface area contributed by atoms with Crippen LogP contribution in [-0.4, -0.2) is 37.6 Å². The van der Waals surface area contributed by atoms with Crippen LogP contribution in [-0.2, 0) is 0 Å². The Morgan fingerprint density at radius 1 is 1.11 bits per heavy atom. The molecule has 1 aliphatic heterocycles. The number of nitrogens with one attached hydrogen (secondary N) is 1. The third-order valence-corrected chi connectivity index (χ3v) is 5.53. The third-order valence-electron chi connectivity index (χ3n) is 5.53. The van der Waals surface area contributed by atoms with E-state index in [0.29, 0.717) is 5.41 Å². The first-order valence-corrected chi connectivity index (χ1v) is 8.54. The summed E-state index contributed by atoms with van der Waals surface area (Å²) in [5.74, 6) is 0.931. The van der Waals surface area contributed by atoms with Gasteiger partial charge in [0.25, 0.3) is 0 Å². The first kappa shape index (κ1) is 15.3. The zero-order chi connectivity index (χ0) is 13.7. The topological polar surface area (TPSA) is 15.3 Å². The zero-order valence-corrected chi connectivity index (χ0v) is 13.4. The maximum atomic E-state index is 3.49. The molecule has 1 heterocycles. The van der Waals surface area contributed by atoms with Crippen LogP contribution < -0.4 is 5.32 Å². The van der Waals surface area contributed by atoms with E-state index in [1.165, 1.54) is 71.0 Å². The molecule has 2 unspecified atom stereocenters. The van der Waals surface area contributed by atoms with Crippen molar-refractivity contribution in [2.45, 2.75) is 71.3 Å². The van der Waals surface area contributed by atoms with Gasteiger partial charge in [0.05, 0.1) is 0 Å². The Kier molecular flexibility index (Phi) is 5.70. The summed E-state index contributed by atoms with van der Waals surface area (Å²) < 4.78 is 0. The molecule has 0 radical (unpaired) electrons. The first-order chi connectivity index (χ1) is 9.15. The maximum Gasteiger partial charge on any atom is 0.00697 e. The summed E-state index contributed by atoms with van der Waals surface area (Å²) in [6.45, 7) is 8.74. The minimum atomic E-state index is 0.556. The molecule has 0 aromatic heterocycles. The van der Waals surface area contributed by atoms with Crippen LogP contribution in [0.25, 0.3) is 0 Å². The second-order valence-corrected chi connectivity index (χ2v) is 7.39. The van der Waals surface area contributed by atoms with Crippen molar-refractivity contribution in [1.29, 1.82) is 0 Å². The molecule has 19 heavy (non-hydrogen) atoms. The van der Waals surface area contributed by atoms with Gasteiger partial charge in [-0.2, -0.15) is 0 Å². The maximum absolute atomic E-state index is 3.49. The normalized spacial score (nSPS) is 33.0. The largest absolute Gasteiger partial charge is 0.319 e. The second-order valence-electron chi connectivity index (χ2n) is 7.39. The lowest BCUT2D eigenvalue weighted by Gasteiger charge is -2.44. The lowest BCUT2D eigenvalue weighted by atomic mass is 9.78. The van der Waals surface area contributed by atoms with Crippen molar-refractivity contribution in [3.8, 4) is 0 Å². The van der Waals surface area contributed by atoms with Gasteiger partial charge in [-0.15, -0.1) is 0 Å². The highest BCUT2D eigenvalue weighted by Crippen LogP contribution is 2.37. The molecule has 0 aromatic carbocycles. The number of likely N-dealkylation sites (tertiary alicyclic amines) is 1. The Labute approximate surface area is 120 Å². The molecule has 2 heteroatoms. The summed E-state index contributed by atoms with van der Waals surface area (Å²) in [5, 5.41) is 3.49. The Bertz CT molecular complexity index is 256. The Hall–Kier alpha value is -0.0800. The Morgan fingerprint density at radius 2 is 1.79 bits per heavy atom. The monoisotopic (exact) mass is 266 g/mol. The van der Waals surface area contributed by atoms with Gasteiger partial charge < -0.3 is 10.2 Å². The molecule has 2 atom stereocenters. The van der Waals surface area contributed by atoms with Crippen LogP contribution in [0.15, 0.2) is 0 Å². The predicted octanol–water partition coefficient (Wildman–Crippen LogP) is 3.67. The highest BCUT2D eigenvalue weighted by Gasteiger charge is 2.35. The number of hydrogen-bond acceptors (Lipinski definition) is 2. The molecule has 2 rings (SSSR count). The zero-order valence-electron chi connectivity index (χ0n) is 13.4. The molecule has 0 bridgehead atoms. The smallest absolute Gasteiger partial charge is 0.00697 e. The van der Waals surface area contributed by atoms with Gasteiger partial charge in [-0.25, -0.2) is 0 Å². The first-order valence-electron chi connectivity index (χ1n) is 8.54. The molecule has 112 valence electrons. The fourth-order valence-corrected chi connectivity index (χ4v) is 4.37. The van der Waals surface area contributed by atoms with E-state index < -0.39 is 0 Å². The fraction of sp³-hybridized carbons (Fsp3) is 1.00. The van der Waals surface area contributed by atoms with Crippen molar-refractivity contribution in [2.24, 2.45) is 11.3 Å². The van der Waals surface area contributed by atoms with Crippen molar-refractivity contribution < 1.29 is 0 Å². The average molecular weight is 266 g/mol. The number of nitrogens with zero attached hydrogens (tertiary/aromatic N) is 1. The SMILES string of the molecule is CNCC1(CN2CCC(C)CC2C)CCCCCC1. The summed E-state index contributed by atoms with van der Waals surface area (Å²) in [7, 11) is 2.13. The molecular formula is C17H34N2. The molecular weight excluding hydrogens is 232 g/mol. The summed E-state index contributed by atoms with van der Waals surface area (Å²) >= 11 is 0. The van der Waals surface area contributed by atoms with E-state index in [4.69, 9.17) is 0 Å². The van der Waals surface area contributed by atoms with E-state index in [-0.39, 0.29) is 0 Å². The van der Waals surface area contributed by atoms with E-state index in [0.717, 1.165) is 12.0 Å². The summed E-state index contributed by atoms with van der Waals surface area (Å²) in [6, 6.07) is 0.792. The molecule has 0 amide bonds. The lowest BCUT2D eigenvalue weighted by molar-refractivity contribution is 0.0616. The molecule has 1 N–H and O–H groups in total. The van der Waals surface area contributed by atoms with Gasteiger partial charge in [-0.05, 0) is 57.5 Å². The van der Waals surface area contributed by atoms with E-state index in [9.17, 15) is 0 Å². The van der Waals surface area contributed by atoms with E-state index in [1.807, 2.05) is 0 Å². The van der Waals surface area contributed by atoms with Crippen LogP contribution in [0, 0.1) is 11.3 Å². The van der Waals surface area contributed by atoms with Gasteiger partial charge >= 0.3 is 0 Å². The highest BCUT2D eigenvalue weighted by molar-refractivity contribution is 4.89. The van der Waals surface area contributed by atoms with Crippen LogP contribution >= 0.6 is 0 Å². The predicted molar refractivity (Wildman–Crippen MR) is 83.5 cm³/mol. The van der Waals surface area contributed by atoms with Gasteiger partial charge in [0.2, 0.25) is 0 Å². The molecule has 1 saturated heterocycles. The van der Waals surface area contributed by atoms with Crippen molar-refractivity contribution in [2.75, 3.05) is 26.7 Å². The van der Waals surface area contributed by atoms with Crippen molar-refractivity contribution >= 4 is 0 Å². The standard InChI is InChI=1S/C17H34N2/c1-15-8-11-19(16(2)12-15)14-17(13-18-3)9-6-4-5-7-10-17/h15-16,18H,4-14H2,1-3H3. The van der Waals surface area contributed by atoms with Gasteiger partial charge in [0.1, 0.15) is 0 Å². The van der Waals surface area contributed by atoms with Crippen LogP contribution in [0.4, 0.5) is 0 Å². The van der Waals surface area contributed by atoms with E-state index in [2.05, 4.69) is 31.1 Å². The van der Waals surface area contributed by atoms with Gasteiger partial charge in [-0.1, -0.05) is 32.6 Å². The molecule has 2 fully saturated rings. The van der Waals surface area contributed by atoms with Crippen LogP contribution in [0.5, 0.6) is 0 Å². The van der Waals surface area contributed by atoms with Gasteiger partial charge in [0, 0.05) is 19.1 Å². The number of rotatable bonds is 4. The Morgan fingerprint density at radius 3 is 2.37 bits per heavy atom. The molecule has 0 aromatic rings.